The first-order chi connectivity index (χ1) is 9.08. The highest BCUT2D eigenvalue weighted by Gasteiger charge is 2.11. The Kier molecular flexibility index (Phi) is 4.74. The Balaban J connectivity index is 1.98. The first-order valence-electron chi connectivity index (χ1n) is 6.36. The van der Waals surface area contributed by atoms with Crippen LogP contribution in [0.25, 0.3) is 0 Å². The zero-order valence-corrected chi connectivity index (χ0v) is 11.9. The van der Waals surface area contributed by atoms with Crippen molar-refractivity contribution in [2.75, 3.05) is 32.8 Å². The van der Waals surface area contributed by atoms with Crippen molar-refractivity contribution in [2.45, 2.75) is 11.8 Å². The standard InChI is InChI=1S/C14H19NO3S/c1-13-3-5-14(6-4-13)19(16,17)12-2-7-15-8-10-18-11-9-15/h2-6,12H,7-11H2,1H3/b12-2+. The average Bonchev–Trinajstić information content (AvgIpc) is 2.40. The summed E-state index contributed by atoms with van der Waals surface area (Å²) >= 11 is 0. The fraction of sp³-hybridized carbons (Fsp3) is 0.429. The SMILES string of the molecule is Cc1ccc(S(=O)(=O)/C=C/CN2CCOCC2)cc1. The summed E-state index contributed by atoms with van der Waals surface area (Å²) in [4.78, 5) is 2.52. The molecule has 0 unspecified atom stereocenters. The van der Waals surface area contributed by atoms with Gasteiger partial charge < -0.3 is 4.74 Å². The lowest BCUT2D eigenvalue weighted by Gasteiger charge is -2.25. The second kappa shape index (κ2) is 6.32. The molecular weight excluding hydrogens is 262 g/mol. The van der Waals surface area contributed by atoms with E-state index in [1.807, 2.05) is 19.1 Å². The van der Waals surface area contributed by atoms with Gasteiger partial charge >= 0.3 is 0 Å². The van der Waals surface area contributed by atoms with Crippen LogP contribution in [-0.4, -0.2) is 46.2 Å². The molecule has 1 aromatic carbocycles. The second-order valence-corrected chi connectivity index (χ2v) is 6.48. The summed E-state index contributed by atoms with van der Waals surface area (Å²) in [6.45, 7) is 5.74. The average molecular weight is 281 g/mol. The maximum absolute atomic E-state index is 12.1. The fourth-order valence-electron chi connectivity index (χ4n) is 1.91. The van der Waals surface area contributed by atoms with Crippen LogP contribution in [0, 0.1) is 6.92 Å². The van der Waals surface area contributed by atoms with Gasteiger partial charge in [0, 0.05) is 25.0 Å². The molecule has 0 atom stereocenters. The summed E-state index contributed by atoms with van der Waals surface area (Å²) in [5.74, 6) is 0. The van der Waals surface area contributed by atoms with Gasteiger partial charge in [0.05, 0.1) is 18.1 Å². The summed E-state index contributed by atoms with van der Waals surface area (Å²) in [5.41, 5.74) is 1.05. The molecule has 1 aromatic rings. The minimum Gasteiger partial charge on any atom is -0.379 e. The topological polar surface area (TPSA) is 46.6 Å². The highest BCUT2D eigenvalue weighted by atomic mass is 32.2. The number of hydrogen-bond donors (Lipinski definition) is 0. The summed E-state index contributed by atoms with van der Waals surface area (Å²) in [7, 11) is -3.32. The van der Waals surface area contributed by atoms with Gasteiger partial charge in [-0.15, -0.1) is 0 Å². The van der Waals surface area contributed by atoms with E-state index in [1.54, 1.807) is 18.2 Å². The zero-order valence-electron chi connectivity index (χ0n) is 11.1. The molecule has 0 saturated carbocycles. The molecule has 1 saturated heterocycles. The molecule has 0 spiro atoms. The minimum absolute atomic E-state index is 0.344. The van der Waals surface area contributed by atoms with E-state index in [0.29, 0.717) is 11.4 Å². The molecule has 4 nitrogen and oxygen atoms in total. The molecule has 5 heteroatoms. The van der Waals surface area contributed by atoms with Gasteiger partial charge in [-0.05, 0) is 19.1 Å². The fourth-order valence-corrected chi connectivity index (χ4v) is 2.92. The van der Waals surface area contributed by atoms with Crippen LogP contribution in [0.1, 0.15) is 5.56 Å². The van der Waals surface area contributed by atoms with Gasteiger partial charge in [0.2, 0.25) is 0 Å². The van der Waals surface area contributed by atoms with E-state index in [4.69, 9.17) is 4.74 Å². The molecule has 0 bridgehead atoms. The number of rotatable bonds is 4. The molecule has 104 valence electrons. The molecule has 19 heavy (non-hydrogen) atoms. The van der Waals surface area contributed by atoms with Crippen LogP contribution in [0.2, 0.25) is 0 Å². The predicted octanol–water partition coefficient (Wildman–Crippen LogP) is 1.61. The molecule has 2 rings (SSSR count). The molecule has 0 radical (unpaired) electrons. The molecule has 1 fully saturated rings. The van der Waals surface area contributed by atoms with Crippen LogP contribution in [0.5, 0.6) is 0 Å². The van der Waals surface area contributed by atoms with Gasteiger partial charge in [-0.2, -0.15) is 0 Å². The van der Waals surface area contributed by atoms with Gasteiger partial charge in [0.15, 0.2) is 9.84 Å². The molecule has 1 aliphatic heterocycles. The number of morpholine rings is 1. The molecule has 1 aliphatic rings. The van der Waals surface area contributed by atoms with E-state index in [9.17, 15) is 8.42 Å². The van der Waals surface area contributed by atoms with Crippen molar-refractivity contribution in [1.29, 1.82) is 0 Å². The van der Waals surface area contributed by atoms with Gasteiger partial charge in [-0.25, -0.2) is 8.42 Å². The van der Waals surface area contributed by atoms with Crippen molar-refractivity contribution in [2.24, 2.45) is 0 Å². The molecule has 1 heterocycles. The number of aryl methyl sites for hydroxylation is 1. The quantitative estimate of drug-likeness (QED) is 0.841. The Bertz CT molecular complexity index is 528. The monoisotopic (exact) mass is 281 g/mol. The van der Waals surface area contributed by atoms with Crippen LogP contribution >= 0.6 is 0 Å². The van der Waals surface area contributed by atoms with Crippen LogP contribution in [0.3, 0.4) is 0 Å². The normalized spacial score (nSPS) is 17.9. The number of sulfone groups is 1. The second-order valence-electron chi connectivity index (χ2n) is 4.64. The molecule has 0 amide bonds. The van der Waals surface area contributed by atoms with Crippen molar-refractivity contribution in [3.05, 3.63) is 41.3 Å². The summed E-state index contributed by atoms with van der Waals surface area (Å²) < 4.78 is 29.4. The van der Waals surface area contributed by atoms with Crippen molar-refractivity contribution in [3.8, 4) is 0 Å². The highest BCUT2D eigenvalue weighted by molar-refractivity contribution is 7.94. The Morgan fingerprint density at radius 3 is 2.47 bits per heavy atom. The summed E-state index contributed by atoms with van der Waals surface area (Å²) in [6.07, 6.45) is 1.71. The van der Waals surface area contributed by atoms with Crippen LogP contribution in [0.15, 0.2) is 40.6 Å². The smallest absolute Gasteiger partial charge is 0.199 e. The highest BCUT2D eigenvalue weighted by Crippen LogP contribution is 2.13. The van der Waals surface area contributed by atoms with Crippen molar-refractivity contribution in [3.63, 3.8) is 0 Å². The number of hydrogen-bond acceptors (Lipinski definition) is 4. The molecular formula is C14H19NO3S. The van der Waals surface area contributed by atoms with E-state index < -0.39 is 9.84 Å². The van der Waals surface area contributed by atoms with E-state index in [2.05, 4.69) is 4.90 Å². The first kappa shape index (κ1) is 14.2. The maximum Gasteiger partial charge on any atom is 0.199 e. The maximum atomic E-state index is 12.1. The Labute approximate surface area is 114 Å². The van der Waals surface area contributed by atoms with Crippen molar-refractivity contribution < 1.29 is 13.2 Å². The predicted molar refractivity (Wildman–Crippen MR) is 74.8 cm³/mol. The molecule has 0 N–H and O–H groups in total. The van der Waals surface area contributed by atoms with E-state index in [-0.39, 0.29) is 0 Å². The van der Waals surface area contributed by atoms with Crippen LogP contribution in [0.4, 0.5) is 0 Å². The van der Waals surface area contributed by atoms with Crippen molar-refractivity contribution in [1.82, 2.24) is 4.90 Å². The zero-order chi connectivity index (χ0) is 13.7. The minimum atomic E-state index is -3.32. The van der Waals surface area contributed by atoms with E-state index in [0.717, 1.165) is 31.9 Å². The van der Waals surface area contributed by atoms with Gasteiger partial charge in [0.1, 0.15) is 0 Å². The Morgan fingerprint density at radius 1 is 1.21 bits per heavy atom. The number of nitrogens with zero attached hydrogens (tertiary/aromatic N) is 1. The first-order valence-corrected chi connectivity index (χ1v) is 7.91. The number of ether oxygens (including phenoxy) is 1. The molecule has 0 aliphatic carbocycles. The third-order valence-corrected chi connectivity index (χ3v) is 4.57. The summed E-state index contributed by atoms with van der Waals surface area (Å²) in [5, 5.41) is 1.30. The van der Waals surface area contributed by atoms with Gasteiger partial charge in [-0.3, -0.25) is 4.90 Å². The lowest BCUT2D eigenvalue weighted by atomic mass is 10.2. The van der Waals surface area contributed by atoms with Crippen molar-refractivity contribution >= 4 is 9.84 Å². The lowest BCUT2D eigenvalue weighted by Crippen LogP contribution is -2.36. The van der Waals surface area contributed by atoms with Crippen LogP contribution in [-0.2, 0) is 14.6 Å². The van der Waals surface area contributed by atoms with Gasteiger partial charge in [-0.1, -0.05) is 23.8 Å². The van der Waals surface area contributed by atoms with E-state index in [1.165, 1.54) is 5.41 Å². The third kappa shape index (κ3) is 4.16. The van der Waals surface area contributed by atoms with Crippen LogP contribution < -0.4 is 0 Å². The molecule has 0 aromatic heterocycles. The largest absolute Gasteiger partial charge is 0.379 e. The third-order valence-electron chi connectivity index (χ3n) is 3.09. The number of benzene rings is 1. The Morgan fingerprint density at radius 2 is 1.84 bits per heavy atom. The Hall–Kier alpha value is -1.17. The van der Waals surface area contributed by atoms with Gasteiger partial charge in [0.25, 0.3) is 0 Å². The summed E-state index contributed by atoms with van der Waals surface area (Å²) in [6, 6.07) is 6.90. The lowest BCUT2D eigenvalue weighted by molar-refractivity contribution is 0.0434. The van der Waals surface area contributed by atoms with E-state index >= 15 is 0 Å².